The summed E-state index contributed by atoms with van der Waals surface area (Å²) >= 11 is 0. The van der Waals surface area contributed by atoms with Gasteiger partial charge in [0.15, 0.2) is 0 Å². The number of dihydropyridines is 1. The van der Waals surface area contributed by atoms with Gasteiger partial charge in [-0.25, -0.2) is 0 Å². The van der Waals surface area contributed by atoms with E-state index < -0.39 is 7.12 Å². The molecule has 20 heavy (non-hydrogen) atoms. The van der Waals surface area contributed by atoms with Crippen molar-refractivity contribution in [2.75, 3.05) is 0 Å². The molecule has 3 rings (SSSR count). The Balaban J connectivity index is 1.78. The molecule has 110 valence electrons. The summed E-state index contributed by atoms with van der Waals surface area (Å²) in [7, 11) is -0.424. The normalized spacial score (nSPS) is 35.2. The lowest BCUT2D eigenvalue weighted by Crippen LogP contribution is -2.47. The molecule has 0 aromatic rings. The largest absolute Gasteiger partial charge is 0.487 e. The Labute approximate surface area is 120 Å². The second-order valence-corrected chi connectivity index (χ2v) is 6.84. The van der Waals surface area contributed by atoms with Crippen molar-refractivity contribution in [3.63, 3.8) is 0 Å². The molecular formula is C14H23BN2O3. The second-order valence-electron chi connectivity index (χ2n) is 6.84. The van der Waals surface area contributed by atoms with E-state index in [0.29, 0.717) is 11.8 Å². The van der Waals surface area contributed by atoms with Gasteiger partial charge < -0.3 is 19.8 Å². The van der Waals surface area contributed by atoms with Crippen LogP contribution in [0.3, 0.4) is 0 Å². The molecule has 2 fully saturated rings. The van der Waals surface area contributed by atoms with Crippen LogP contribution in [-0.4, -0.2) is 42.7 Å². The van der Waals surface area contributed by atoms with Gasteiger partial charge in [0.05, 0.1) is 17.3 Å². The zero-order valence-corrected chi connectivity index (χ0v) is 12.6. The van der Waals surface area contributed by atoms with E-state index in [1.165, 1.54) is 0 Å². The first-order valence-corrected chi connectivity index (χ1v) is 7.30. The molecule has 0 spiro atoms. The third-order valence-corrected chi connectivity index (χ3v) is 4.58. The fourth-order valence-electron chi connectivity index (χ4n) is 2.41. The van der Waals surface area contributed by atoms with Crippen molar-refractivity contribution in [1.82, 2.24) is 0 Å². The number of rotatable bonds is 3. The maximum atomic E-state index is 6.09. The maximum absolute atomic E-state index is 6.09. The first-order chi connectivity index (χ1) is 9.30. The van der Waals surface area contributed by atoms with Crippen LogP contribution in [0.1, 0.15) is 40.5 Å². The van der Waals surface area contributed by atoms with Crippen LogP contribution in [0.15, 0.2) is 16.8 Å². The minimum atomic E-state index is -0.424. The molecule has 0 bridgehead atoms. The van der Waals surface area contributed by atoms with Crippen LogP contribution in [-0.2, 0) is 14.0 Å². The summed E-state index contributed by atoms with van der Waals surface area (Å²) in [6.07, 6.45) is 5.78. The van der Waals surface area contributed by atoms with Crippen molar-refractivity contribution in [3.05, 3.63) is 11.8 Å². The molecule has 6 heteroatoms. The van der Waals surface area contributed by atoms with Gasteiger partial charge in [0.25, 0.3) is 0 Å². The average molecular weight is 278 g/mol. The van der Waals surface area contributed by atoms with Crippen LogP contribution in [0, 0.1) is 0 Å². The van der Waals surface area contributed by atoms with E-state index in [9.17, 15) is 0 Å². The Bertz CT molecular complexity index is 441. The highest BCUT2D eigenvalue weighted by molar-refractivity contribution is 6.48. The highest BCUT2D eigenvalue weighted by Crippen LogP contribution is 2.40. The highest BCUT2D eigenvalue weighted by Gasteiger charge is 2.56. The van der Waals surface area contributed by atoms with Crippen LogP contribution in [0.25, 0.3) is 0 Å². The zero-order valence-electron chi connectivity index (χ0n) is 12.6. The summed E-state index contributed by atoms with van der Waals surface area (Å²) in [4.78, 5) is 4.50. The summed E-state index contributed by atoms with van der Waals surface area (Å²) < 4.78 is 18.2. The number of aliphatic imine (C=N–C) groups is 1. The Kier molecular flexibility index (Phi) is 3.23. The van der Waals surface area contributed by atoms with Gasteiger partial charge in [-0.05, 0) is 46.6 Å². The molecule has 0 aromatic carbocycles. The molecule has 0 aromatic heterocycles. The first kappa shape index (κ1) is 14.1. The second kappa shape index (κ2) is 4.58. The predicted octanol–water partition coefficient (Wildman–Crippen LogP) is 1.46. The number of hydrogen-bond donors (Lipinski definition) is 1. The van der Waals surface area contributed by atoms with Gasteiger partial charge in [-0.1, -0.05) is 0 Å². The number of nitrogens with two attached hydrogens (primary N) is 1. The van der Waals surface area contributed by atoms with Crippen LogP contribution in [0.2, 0.25) is 0 Å². The Morgan fingerprint density at radius 3 is 2.40 bits per heavy atom. The molecule has 2 N–H and O–H groups in total. The highest BCUT2D eigenvalue weighted by atomic mass is 16.7. The van der Waals surface area contributed by atoms with Crippen molar-refractivity contribution in [2.45, 2.75) is 69.9 Å². The number of allylic oxidation sites excluding steroid dienone is 1. The quantitative estimate of drug-likeness (QED) is 0.794. The Hall–Kier alpha value is -0.845. The van der Waals surface area contributed by atoms with E-state index in [2.05, 4.69) is 4.99 Å². The van der Waals surface area contributed by atoms with Crippen LogP contribution in [0.4, 0.5) is 0 Å². The van der Waals surface area contributed by atoms with Gasteiger partial charge in [-0.15, -0.1) is 0 Å². The van der Waals surface area contributed by atoms with Gasteiger partial charge >= 0.3 is 7.12 Å². The van der Waals surface area contributed by atoms with Gasteiger partial charge in [0.1, 0.15) is 12.0 Å². The van der Waals surface area contributed by atoms with Gasteiger partial charge in [0, 0.05) is 11.9 Å². The Morgan fingerprint density at radius 2 is 1.85 bits per heavy atom. The van der Waals surface area contributed by atoms with Crippen molar-refractivity contribution >= 4 is 13.3 Å². The topological polar surface area (TPSA) is 66.1 Å². The van der Waals surface area contributed by atoms with E-state index in [1.807, 2.05) is 27.7 Å². The fraction of sp³-hybridized carbons (Fsp3) is 0.786. The fourth-order valence-corrected chi connectivity index (χ4v) is 2.41. The lowest BCUT2D eigenvalue weighted by atomic mass is 9.73. The van der Waals surface area contributed by atoms with E-state index in [4.69, 9.17) is 19.8 Å². The Morgan fingerprint density at radius 1 is 1.25 bits per heavy atom. The smallest absolute Gasteiger partial charge is 0.402 e. The molecule has 5 nitrogen and oxygen atoms in total. The summed E-state index contributed by atoms with van der Waals surface area (Å²) in [6, 6.07) is 0. The first-order valence-electron chi connectivity index (χ1n) is 7.30. The minimum Gasteiger partial charge on any atom is -0.402 e. The molecular weight excluding hydrogens is 255 g/mol. The van der Waals surface area contributed by atoms with E-state index in [1.54, 1.807) is 12.3 Å². The molecule has 2 aliphatic heterocycles. The van der Waals surface area contributed by atoms with Gasteiger partial charge in [-0.2, -0.15) is 0 Å². The molecule has 3 aliphatic rings. The van der Waals surface area contributed by atoms with Crippen molar-refractivity contribution < 1.29 is 14.0 Å². The number of nitrogens with zero attached hydrogens (tertiary/aromatic N) is 1. The van der Waals surface area contributed by atoms with E-state index >= 15 is 0 Å². The zero-order chi connectivity index (χ0) is 14.5. The van der Waals surface area contributed by atoms with Crippen molar-refractivity contribution in [3.8, 4) is 0 Å². The summed E-state index contributed by atoms with van der Waals surface area (Å²) in [6.45, 7) is 8.15. The van der Waals surface area contributed by atoms with Gasteiger partial charge in [0.2, 0.25) is 0 Å². The van der Waals surface area contributed by atoms with Gasteiger partial charge in [-0.3, -0.25) is 4.99 Å². The monoisotopic (exact) mass is 278 g/mol. The molecule has 2 unspecified atom stereocenters. The molecule has 1 saturated heterocycles. The molecule has 2 heterocycles. The number of hydrogen-bond acceptors (Lipinski definition) is 5. The van der Waals surface area contributed by atoms with Crippen LogP contribution >= 0.6 is 0 Å². The lowest BCUT2D eigenvalue weighted by molar-refractivity contribution is 0.00578. The summed E-state index contributed by atoms with van der Waals surface area (Å²) in [5.74, 6) is -0.235. The molecule has 1 aliphatic carbocycles. The standard InChI is InChI=1S/C14H23BN2O3/c1-13(2)14(3,4)20-15(19-13)12-11(18-9-5-6-9)10(16)7-8-17-12/h7-9,11-12H,5-6,16H2,1-4H3. The number of ether oxygens (including phenoxy) is 1. The van der Waals surface area contributed by atoms with Crippen molar-refractivity contribution in [1.29, 1.82) is 0 Å². The van der Waals surface area contributed by atoms with Crippen LogP contribution in [0.5, 0.6) is 0 Å². The average Bonchev–Trinajstić information content (AvgIpc) is 3.10. The third-order valence-electron chi connectivity index (χ3n) is 4.58. The third kappa shape index (κ3) is 2.40. The van der Waals surface area contributed by atoms with E-state index in [-0.39, 0.29) is 23.2 Å². The van der Waals surface area contributed by atoms with Crippen molar-refractivity contribution in [2.24, 2.45) is 10.7 Å². The predicted molar refractivity (Wildman–Crippen MR) is 78.5 cm³/mol. The SMILES string of the molecule is CC1(C)OB(C2N=CC=C(N)C2OC2CC2)OC1(C)C. The minimum absolute atomic E-state index is 0.235. The lowest BCUT2D eigenvalue weighted by Gasteiger charge is -2.32. The summed E-state index contributed by atoms with van der Waals surface area (Å²) in [5, 5.41) is 0. The molecule has 0 radical (unpaired) electrons. The van der Waals surface area contributed by atoms with Crippen LogP contribution < -0.4 is 5.73 Å². The van der Waals surface area contributed by atoms with E-state index in [0.717, 1.165) is 12.8 Å². The molecule has 0 amide bonds. The molecule has 2 atom stereocenters. The molecule has 1 saturated carbocycles. The summed E-state index contributed by atoms with van der Waals surface area (Å²) in [5.41, 5.74) is 6.05. The maximum Gasteiger partial charge on any atom is 0.487 e.